The Morgan fingerprint density at radius 3 is 2.67 bits per heavy atom. The molecule has 33 heavy (non-hydrogen) atoms. The van der Waals surface area contributed by atoms with Crippen molar-refractivity contribution in [2.45, 2.75) is 26.4 Å². The van der Waals surface area contributed by atoms with E-state index < -0.39 is 0 Å². The van der Waals surface area contributed by atoms with Crippen LogP contribution in [0.1, 0.15) is 18.3 Å². The van der Waals surface area contributed by atoms with Gasteiger partial charge in [0.05, 0.1) is 20.8 Å². The number of aliphatic imine (C=N–C) groups is 1. The first-order valence-corrected chi connectivity index (χ1v) is 11.1. The number of ether oxygens (including phenoxy) is 2. The quantitative estimate of drug-likeness (QED) is 0.204. The van der Waals surface area contributed by atoms with E-state index in [1.54, 1.807) is 20.5 Å². The van der Waals surface area contributed by atoms with E-state index in [2.05, 4.69) is 49.5 Å². The van der Waals surface area contributed by atoms with Crippen LogP contribution in [0.5, 0.6) is 11.5 Å². The molecule has 182 valence electrons. The summed E-state index contributed by atoms with van der Waals surface area (Å²) in [5.74, 6) is 3.65. The average molecular weight is 569 g/mol. The highest BCUT2D eigenvalue weighted by Gasteiger charge is 2.21. The number of hydrogen-bond donors (Lipinski definition) is 1. The first-order valence-electron chi connectivity index (χ1n) is 11.1. The van der Waals surface area contributed by atoms with E-state index in [1.807, 2.05) is 18.2 Å². The lowest BCUT2D eigenvalue weighted by atomic mass is 10.1. The van der Waals surface area contributed by atoms with E-state index >= 15 is 0 Å². The van der Waals surface area contributed by atoms with Gasteiger partial charge in [0.2, 0.25) is 0 Å². The number of guanidine groups is 1. The SMILES string of the molecule is C=CCNC(=NCCn1cnnc1CC)N1CCN(Cc2cc(OC)ccc2OC)CC1.I. The number of hydrogen-bond acceptors (Lipinski definition) is 6. The second-order valence-corrected chi connectivity index (χ2v) is 7.61. The summed E-state index contributed by atoms with van der Waals surface area (Å²) in [4.78, 5) is 9.60. The molecule has 2 heterocycles. The van der Waals surface area contributed by atoms with Crippen LogP contribution in [-0.2, 0) is 19.5 Å². The van der Waals surface area contributed by atoms with Gasteiger partial charge in [-0.2, -0.15) is 0 Å². The number of aromatic nitrogens is 3. The molecular formula is C23H36IN7O2. The molecule has 0 spiro atoms. The zero-order valence-electron chi connectivity index (χ0n) is 19.9. The predicted molar refractivity (Wildman–Crippen MR) is 142 cm³/mol. The van der Waals surface area contributed by atoms with Gasteiger partial charge in [0.15, 0.2) is 5.96 Å². The number of nitrogens with zero attached hydrogens (tertiary/aromatic N) is 6. The second kappa shape index (κ2) is 14.0. The zero-order valence-corrected chi connectivity index (χ0v) is 22.2. The van der Waals surface area contributed by atoms with E-state index in [0.29, 0.717) is 13.1 Å². The van der Waals surface area contributed by atoms with E-state index in [1.165, 1.54) is 0 Å². The Morgan fingerprint density at radius 2 is 2.00 bits per heavy atom. The van der Waals surface area contributed by atoms with Crippen molar-refractivity contribution in [2.24, 2.45) is 4.99 Å². The van der Waals surface area contributed by atoms with Crippen molar-refractivity contribution < 1.29 is 9.47 Å². The Hall–Kier alpha value is -2.34. The molecule has 1 aromatic carbocycles. The summed E-state index contributed by atoms with van der Waals surface area (Å²) >= 11 is 0. The van der Waals surface area contributed by atoms with Crippen molar-refractivity contribution in [1.82, 2.24) is 29.9 Å². The molecule has 0 amide bonds. The van der Waals surface area contributed by atoms with Gasteiger partial charge < -0.3 is 24.3 Å². The molecule has 0 saturated carbocycles. The van der Waals surface area contributed by atoms with Crippen LogP contribution in [-0.4, -0.2) is 84.0 Å². The van der Waals surface area contributed by atoms with Gasteiger partial charge in [0, 0.05) is 57.8 Å². The summed E-state index contributed by atoms with van der Waals surface area (Å²) in [7, 11) is 3.40. The van der Waals surface area contributed by atoms with Crippen molar-refractivity contribution in [3.63, 3.8) is 0 Å². The molecule has 1 aliphatic heterocycles. The van der Waals surface area contributed by atoms with Gasteiger partial charge in [-0.25, -0.2) is 0 Å². The lowest BCUT2D eigenvalue weighted by Gasteiger charge is -2.36. The highest BCUT2D eigenvalue weighted by Crippen LogP contribution is 2.25. The van der Waals surface area contributed by atoms with Crippen LogP contribution in [0.2, 0.25) is 0 Å². The van der Waals surface area contributed by atoms with Crippen molar-refractivity contribution in [3.8, 4) is 11.5 Å². The molecule has 1 saturated heterocycles. The summed E-state index contributed by atoms with van der Waals surface area (Å²) in [5.41, 5.74) is 1.14. The van der Waals surface area contributed by atoms with Crippen molar-refractivity contribution in [1.29, 1.82) is 0 Å². The molecule has 0 bridgehead atoms. The largest absolute Gasteiger partial charge is 0.497 e. The van der Waals surface area contributed by atoms with Crippen LogP contribution in [0.4, 0.5) is 0 Å². The fourth-order valence-corrected chi connectivity index (χ4v) is 3.80. The van der Waals surface area contributed by atoms with E-state index in [4.69, 9.17) is 14.5 Å². The van der Waals surface area contributed by atoms with Gasteiger partial charge in [0.25, 0.3) is 0 Å². The first-order chi connectivity index (χ1) is 15.7. The molecule has 2 aromatic rings. The lowest BCUT2D eigenvalue weighted by molar-refractivity contribution is 0.171. The van der Waals surface area contributed by atoms with E-state index in [0.717, 1.165) is 74.5 Å². The maximum atomic E-state index is 5.54. The predicted octanol–water partition coefficient (Wildman–Crippen LogP) is 2.43. The number of rotatable bonds is 10. The number of piperazine rings is 1. The van der Waals surface area contributed by atoms with Gasteiger partial charge in [-0.3, -0.25) is 9.89 Å². The van der Waals surface area contributed by atoms with Gasteiger partial charge in [-0.05, 0) is 18.2 Å². The summed E-state index contributed by atoms with van der Waals surface area (Å²) in [6.45, 7) is 12.6. The van der Waals surface area contributed by atoms with Crippen LogP contribution >= 0.6 is 24.0 Å². The second-order valence-electron chi connectivity index (χ2n) is 7.61. The molecule has 0 aliphatic carbocycles. The number of nitrogens with one attached hydrogen (secondary N) is 1. The standard InChI is InChI=1S/C23H35N7O2.HI/c1-5-9-24-23(25-10-11-30-18-26-27-22(30)6-2)29-14-12-28(13-15-29)17-19-16-20(31-3)7-8-21(19)32-4;/h5,7-8,16,18H,1,6,9-15,17H2,2-4H3,(H,24,25);1H. The number of methoxy groups -OCH3 is 2. The third-order valence-corrected chi connectivity index (χ3v) is 5.57. The summed E-state index contributed by atoms with van der Waals surface area (Å²) in [5, 5.41) is 11.5. The minimum Gasteiger partial charge on any atom is -0.497 e. The summed E-state index contributed by atoms with van der Waals surface area (Å²) in [6, 6.07) is 5.95. The Kier molecular flexibility index (Phi) is 11.4. The van der Waals surface area contributed by atoms with Crippen molar-refractivity contribution >= 4 is 29.9 Å². The monoisotopic (exact) mass is 569 g/mol. The molecule has 0 radical (unpaired) electrons. The maximum absolute atomic E-state index is 5.54. The van der Waals surface area contributed by atoms with E-state index in [-0.39, 0.29) is 24.0 Å². The Balaban J connectivity index is 0.00000385. The van der Waals surface area contributed by atoms with Gasteiger partial charge in [0.1, 0.15) is 23.7 Å². The van der Waals surface area contributed by atoms with Gasteiger partial charge in [-0.15, -0.1) is 40.8 Å². The van der Waals surface area contributed by atoms with Crippen LogP contribution in [0.15, 0.2) is 42.2 Å². The third kappa shape index (κ3) is 7.60. The minimum absolute atomic E-state index is 0. The van der Waals surface area contributed by atoms with Gasteiger partial charge in [-0.1, -0.05) is 13.0 Å². The molecule has 1 aromatic heterocycles. The Bertz CT molecular complexity index is 895. The molecule has 0 unspecified atom stereocenters. The Morgan fingerprint density at radius 1 is 1.21 bits per heavy atom. The summed E-state index contributed by atoms with van der Waals surface area (Å²) < 4.78 is 13.0. The molecular weight excluding hydrogens is 533 g/mol. The molecule has 9 nitrogen and oxygen atoms in total. The first kappa shape index (κ1) is 26.9. The van der Waals surface area contributed by atoms with Crippen LogP contribution in [0, 0.1) is 0 Å². The highest BCUT2D eigenvalue weighted by molar-refractivity contribution is 14.0. The summed E-state index contributed by atoms with van der Waals surface area (Å²) in [6.07, 6.45) is 4.50. The lowest BCUT2D eigenvalue weighted by Crippen LogP contribution is -2.52. The highest BCUT2D eigenvalue weighted by atomic mass is 127. The van der Waals surface area contributed by atoms with Crippen LogP contribution < -0.4 is 14.8 Å². The molecule has 10 heteroatoms. The molecule has 1 aliphatic rings. The van der Waals surface area contributed by atoms with E-state index in [9.17, 15) is 0 Å². The zero-order chi connectivity index (χ0) is 22.8. The molecule has 0 atom stereocenters. The molecule has 1 fully saturated rings. The van der Waals surface area contributed by atoms with Gasteiger partial charge >= 0.3 is 0 Å². The third-order valence-electron chi connectivity index (χ3n) is 5.57. The molecule has 1 N–H and O–H groups in total. The Labute approximate surface area is 213 Å². The van der Waals surface area contributed by atoms with Crippen LogP contribution in [0.3, 0.4) is 0 Å². The number of halogens is 1. The topological polar surface area (TPSA) is 80.0 Å². The van der Waals surface area contributed by atoms with Crippen molar-refractivity contribution in [3.05, 3.63) is 48.6 Å². The fourth-order valence-electron chi connectivity index (χ4n) is 3.80. The van der Waals surface area contributed by atoms with Crippen molar-refractivity contribution in [2.75, 3.05) is 53.5 Å². The fraction of sp³-hybridized carbons (Fsp3) is 0.522. The van der Waals surface area contributed by atoms with Crippen LogP contribution in [0.25, 0.3) is 0 Å². The molecule has 3 rings (SSSR count). The maximum Gasteiger partial charge on any atom is 0.194 e. The normalized spacial score (nSPS) is 14.5. The number of benzene rings is 1. The minimum atomic E-state index is 0. The average Bonchev–Trinajstić information content (AvgIpc) is 3.29. The number of aryl methyl sites for hydroxylation is 1. The smallest absolute Gasteiger partial charge is 0.194 e.